The van der Waals surface area contributed by atoms with Crippen LogP contribution in [-0.4, -0.2) is 49.8 Å². The number of piperidine rings is 1. The van der Waals surface area contributed by atoms with Crippen molar-refractivity contribution in [2.24, 2.45) is 0 Å². The molecule has 3 heterocycles. The molecular formula is C15H23N5O2. The topological polar surface area (TPSA) is 80.2 Å². The van der Waals surface area contributed by atoms with Gasteiger partial charge in [0.25, 0.3) is 0 Å². The lowest BCUT2D eigenvalue weighted by Gasteiger charge is -2.32. The molecule has 0 radical (unpaired) electrons. The second kappa shape index (κ2) is 6.58. The van der Waals surface area contributed by atoms with Crippen LogP contribution in [0, 0.1) is 13.8 Å². The summed E-state index contributed by atoms with van der Waals surface area (Å²) in [5.74, 6) is 0.926. The molecule has 22 heavy (non-hydrogen) atoms. The van der Waals surface area contributed by atoms with Gasteiger partial charge in [-0.25, -0.2) is 4.68 Å². The molecule has 120 valence electrons. The summed E-state index contributed by atoms with van der Waals surface area (Å²) in [6, 6.07) is 0.339. The lowest BCUT2D eigenvalue weighted by atomic mass is 10.0. The number of hydrogen-bond donors (Lipinski definition) is 1. The zero-order valence-electron chi connectivity index (χ0n) is 13.2. The molecule has 1 unspecified atom stereocenters. The van der Waals surface area contributed by atoms with Gasteiger partial charge in [0.15, 0.2) is 0 Å². The first kappa shape index (κ1) is 15.2. The summed E-state index contributed by atoms with van der Waals surface area (Å²) in [6.07, 6.45) is 5.08. The summed E-state index contributed by atoms with van der Waals surface area (Å²) in [5, 5.41) is 21.2. The number of nitrogens with zero attached hydrogens (tertiary/aromatic N) is 5. The standard InChI is InChI=1S/C15H23N5O2/c1-11-15(12(2)22-17-11)5-7-19-6-3-4-14(9-19)20-8-13(10-21)16-18-20/h8,14,21H,3-7,9-10H2,1-2H3. The second-order valence-corrected chi connectivity index (χ2v) is 6.00. The van der Waals surface area contributed by atoms with Crippen LogP contribution in [0.4, 0.5) is 0 Å². The molecule has 2 aromatic heterocycles. The third kappa shape index (κ3) is 3.20. The van der Waals surface area contributed by atoms with Crippen molar-refractivity contribution in [1.82, 2.24) is 25.1 Å². The number of aromatic nitrogens is 4. The average molecular weight is 305 g/mol. The van der Waals surface area contributed by atoms with Crippen molar-refractivity contribution in [3.05, 3.63) is 28.9 Å². The zero-order chi connectivity index (χ0) is 15.5. The highest BCUT2D eigenvalue weighted by molar-refractivity contribution is 5.21. The van der Waals surface area contributed by atoms with Gasteiger partial charge >= 0.3 is 0 Å². The van der Waals surface area contributed by atoms with Gasteiger partial charge < -0.3 is 14.5 Å². The van der Waals surface area contributed by atoms with Crippen LogP contribution in [0.1, 0.15) is 41.6 Å². The maximum absolute atomic E-state index is 9.10. The van der Waals surface area contributed by atoms with Crippen molar-refractivity contribution < 1.29 is 9.63 Å². The van der Waals surface area contributed by atoms with E-state index in [0.29, 0.717) is 11.7 Å². The molecule has 1 aliphatic heterocycles. The van der Waals surface area contributed by atoms with Crippen LogP contribution in [0.5, 0.6) is 0 Å². The van der Waals surface area contributed by atoms with E-state index in [1.807, 2.05) is 24.7 Å². The number of aliphatic hydroxyl groups is 1. The predicted octanol–water partition coefficient (Wildman–Crippen LogP) is 1.25. The number of hydrogen-bond acceptors (Lipinski definition) is 6. The Morgan fingerprint density at radius 1 is 1.41 bits per heavy atom. The summed E-state index contributed by atoms with van der Waals surface area (Å²) < 4.78 is 7.12. The van der Waals surface area contributed by atoms with Gasteiger partial charge in [-0.3, -0.25) is 0 Å². The van der Waals surface area contributed by atoms with Crippen LogP contribution in [0.15, 0.2) is 10.7 Å². The van der Waals surface area contributed by atoms with E-state index in [-0.39, 0.29) is 6.61 Å². The number of rotatable bonds is 5. The minimum atomic E-state index is -0.0531. The lowest BCUT2D eigenvalue weighted by molar-refractivity contribution is 0.170. The Bertz CT molecular complexity index is 602. The minimum Gasteiger partial charge on any atom is -0.390 e. The van der Waals surface area contributed by atoms with E-state index < -0.39 is 0 Å². The first-order valence-corrected chi connectivity index (χ1v) is 7.83. The van der Waals surface area contributed by atoms with E-state index in [1.54, 1.807) is 0 Å². The smallest absolute Gasteiger partial charge is 0.137 e. The molecular weight excluding hydrogens is 282 g/mol. The Labute approximate surface area is 129 Å². The zero-order valence-corrected chi connectivity index (χ0v) is 13.2. The predicted molar refractivity (Wildman–Crippen MR) is 80.3 cm³/mol. The molecule has 7 heteroatoms. The van der Waals surface area contributed by atoms with Crippen LogP contribution < -0.4 is 0 Å². The molecule has 0 aromatic carbocycles. The van der Waals surface area contributed by atoms with Gasteiger partial charge in [-0.2, -0.15) is 0 Å². The van der Waals surface area contributed by atoms with Crippen molar-refractivity contribution in [2.45, 2.75) is 45.8 Å². The van der Waals surface area contributed by atoms with E-state index >= 15 is 0 Å². The van der Waals surface area contributed by atoms with Gasteiger partial charge in [0.05, 0.1) is 24.5 Å². The van der Waals surface area contributed by atoms with Crippen molar-refractivity contribution in [2.75, 3.05) is 19.6 Å². The Kier molecular flexibility index (Phi) is 4.54. The molecule has 1 fully saturated rings. The SMILES string of the molecule is Cc1noc(C)c1CCN1CCCC(n2cc(CO)nn2)C1. The van der Waals surface area contributed by atoms with Gasteiger partial charge in [0.2, 0.25) is 0 Å². The van der Waals surface area contributed by atoms with Gasteiger partial charge in [0, 0.05) is 18.7 Å². The fraction of sp³-hybridized carbons (Fsp3) is 0.667. The highest BCUT2D eigenvalue weighted by Crippen LogP contribution is 2.22. The normalized spacial score (nSPS) is 19.7. The molecule has 0 saturated carbocycles. The number of aryl methyl sites for hydroxylation is 2. The highest BCUT2D eigenvalue weighted by atomic mass is 16.5. The molecule has 0 bridgehead atoms. The van der Waals surface area contributed by atoms with Gasteiger partial charge in [0.1, 0.15) is 11.5 Å². The van der Waals surface area contributed by atoms with Crippen molar-refractivity contribution in [3.63, 3.8) is 0 Å². The molecule has 2 aromatic rings. The van der Waals surface area contributed by atoms with E-state index in [0.717, 1.165) is 50.4 Å². The molecule has 0 aliphatic carbocycles. The van der Waals surface area contributed by atoms with Gasteiger partial charge in [-0.1, -0.05) is 10.4 Å². The summed E-state index contributed by atoms with van der Waals surface area (Å²) >= 11 is 0. The molecule has 1 saturated heterocycles. The highest BCUT2D eigenvalue weighted by Gasteiger charge is 2.22. The molecule has 0 spiro atoms. The molecule has 1 atom stereocenters. The first-order chi connectivity index (χ1) is 10.7. The summed E-state index contributed by atoms with van der Waals surface area (Å²) in [6.45, 7) is 7.00. The van der Waals surface area contributed by atoms with E-state index in [4.69, 9.17) is 9.63 Å². The average Bonchev–Trinajstić information content (AvgIpc) is 3.13. The van der Waals surface area contributed by atoms with Crippen molar-refractivity contribution in [1.29, 1.82) is 0 Å². The van der Waals surface area contributed by atoms with Gasteiger partial charge in [-0.15, -0.1) is 5.10 Å². The van der Waals surface area contributed by atoms with E-state index in [9.17, 15) is 0 Å². The maximum atomic E-state index is 9.10. The Morgan fingerprint density at radius 2 is 2.27 bits per heavy atom. The van der Waals surface area contributed by atoms with Crippen LogP contribution in [-0.2, 0) is 13.0 Å². The number of aliphatic hydroxyl groups excluding tert-OH is 1. The van der Waals surface area contributed by atoms with Crippen molar-refractivity contribution >= 4 is 0 Å². The number of likely N-dealkylation sites (tertiary alicyclic amines) is 1. The lowest BCUT2D eigenvalue weighted by Crippen LogP contribution is -2.38. The Morgan fingerprint density at radius 3 is 2.95 bits per heavy atom. The van der Waals surface area contributed by atoms with Crippen LogP contribution in [0.3, 0.4) is 0 Å². The van der Waals surface area contributed by atoms with Crippen LogP contribution >= 0.6 is 0 Å². The summed E-state index contributed by atoms with van der Waals surface area (Å²) in [4.78, 5) is 2.46. The first-order valence-electron chi connectivity index (χ1n) is 7.83. The third-order valence-corrected chi connectivity index (χ3v) is 4.43. The molecule has 7 nitrogen and oxygen atoms in total. The van der Waals surface area contributed by atoms with E-state index in [2.05, 4.69) is 20.4 Å². The van der Waals surface area contributed by atoms with E-state index in [1.165, 1.54) is 5.56 Å². The quantitative estimate of drug-likeness (QED) is 0.895. The molecule has 3 rings (SSSR count). The molecule has 0 amide bonds. The third-order valence-electron chi connectivity index (χ3n) is 4.43. The van der Waals surface area contributed by atoms with Crippen LogP contribution in [0.2, 0.25) is 0 Å². The Hall–Kier alpha value is -1.73. The largest absolute Gasteiger partial charge is 0.390 e. The monoisotopic (exact) mass is 305 g/mol. The molecule has 1 N–H and O–H groups in total. The Balaban J connectivity index is 1.59. The van der Waals surface area contributed by atoms with Gasteiger partial charge in [-0.05, 0) is 39.7 Å². The maximum Gasteiger partial charge on any atom is 0.137 e. The summed E-state index contributed by atoms with van der Waals surface area (Å²) in [5.41, 5.74) is 2.85. The molecule has 1 aliphatic rings. The fourth-order valence-corrected chi connectivity index (χ4v) is 3.14. The minimum absolute atomic E-state index is 0.0531. The second-order valence-electron chi connectivity index (χ2n) is 6.00. The van der Waals surface area contributed by atoms with Crippen LogP contribution in [0.25, 0.3) is 0 Å². The fourth-order valence-electron chi connectivity index (χ4n) is 3.14. The van der Waals surface area contributed by atoms with Crippen molar-refractivity contribution in [3.8, 4) is 0 Å². The summed E-state index contributed by atoms with van der Waals surface area (Å²) in [7, 11) is 0.